The molecule has 1 aromatic rings. The maximum absolute atomic E-state index is 12.1. The van der Waals surface area contributed by atoms with Crippen LogP contribution in [0.25, 0.3) is 0 Å². The van der Waals surface area contributed by atoms with E-state index in [1.54, 1.807) is 0 Å². The number of rotatable bonds is 1. The van der Waals surface area contributed by atoms with Crippen LogP contribution in [-0.2, 0) is 17.8 Å². The van der Waals surface area contributed by atoms with Gasteiger partial charge in [-0.15, -0.1) is 5.10 Å². The number of fused-ring (bicyclic) bond motifs is 1. The van der Waals surface area contributed by atoms with Crippen molar-refractivity contribution < 1.29 is 4.79 Å². The van der Waals surface area contributed by atoms with E-state index in [2.05, 4.69) is 10.2 Å². The number of halogens is 1. The quantitative estimate of drug-likeness (QED) is 0.765. The molecule has 90 valence electrons. The van der Waals surface area contributed by atoms with Gasteiger partial charge in [0.25, 0.3) is 0 Å². The molecule has 17 heavy (non-hydrogen) atoms. The SMILES string of the molecule is O=C(C1CCC1)N1CCc2cc(Cl)nnc2C1. The van der Waals surface area contributed by atoms with E-state index in [9.17, 15) is 4.79 Å². The molecule has 2 aliphatic rings. The summed E-state index contributed by atoms with van der Waals surface area (Å²) in [4.78, 5) is 14.0. The normalized spacial score (nSPS) is 19.7. The van der Waals surface area contributed by atoms with Crippen LogP contribution < -0.4 is 0 Å². The number of hydrogen-bond acceptors (Lipinski definition) is 3. The van der Waals surface area contributed by atoms with Gasteiger partial charge in [-0.3, -0.25) is 4.79 Å². The number of amides is 1. The fourth-order valence-electron chi connectivity index (χ4n) is 2.39. The Bertz CT molecular complexity index is 459. The summed E-state index contributed by atoms with van der Waals surface area (Å²) < 4.78 is 0. The molecule has 1 aromatic heterocycles. The summed E-state index contributed by atoms with van der Waals surface area (Å²) >= 11 is 5.80. The van der Waals surface area contributed by atoms with Gasteiger partial charge in [-0.1, -0.05) is 18.0 Å². The molecule has 1 aliphatic carbocycles. The van der Waals surface area contributed by atoms with Gasteiger partial charge >= 0.3 is 0 Å². The van der Waals surface area contributed by atoms with Crippen molar-refractivity contribution in [2.45, 2.75) is 32.2 Å². The van der Waals surface area contributed by atoms with Gasteiger partial charge in [-0.25, -0.2) is 0 Å². The summed E-state index contributed by atoms with van der Waals surface area (Å²) in [5.41, 5.74) is 2.02. The number of aromatic nitrogens is 2. The molecule has 0 unspecified atom stereocenters. The smallest absolute Gasteiger partial charge is 0.226 e. The molecule has 1 saturated carbocycles. The van der Waals surface area contributed by atoms with Crippen molar-refractivity contribution in [2.75, 3.05) is 6.54 Å². The summed E-state index contributed by atoms with van der Waals surface area (Å²) in [5, 5.41) is 8.35. The monoisotopic (exact) mass is 251 g/mol. The lowest BCUT2D eigenvalue weighted by molar-refractivity contribution is -0.139. The number of carbonyl (C=O) groups excluding carboxylic acids is 1. The topological polar surface area (TPSA) is 46.1 Å². The Morgan fingerprint density at radius 1 is 1.41 bits per heavy atom. The van der Waals surface area contributed by atoms with Crippen LogP contribution in [0.2, 0.25) is 5.15 Å². The Hall–Kier alpha value is -1.16. The molecule has 1 fully saturated rings. The lowest BCUT2D eigenvalue weighted by atomic mass is 9.84. The van der Waals surface area contributed by atoms with Crippen LogP contribution in [-0.4, -0.2) is 27.5 Å². The Morgan fingerprint density at radius 2 is 2.24 bits per heavy atom. The molecule has 5 heteroatoms. The molecule has 1 aliphatic heterocycles. The second-order valence-electron chi connectivity index (χ2n) is 4.78. The Balaban J connectivity index is 1.76. The first-order chi connectivity index (χ1) is 8.24. The summed E-state index contributed by atoms with van der Waals surface area (Å²) in [6.07, 6.45) is 4.13. The molecule has 1 amide bonds. The van der Waals surface area contributed by atoms with Crippen molar-refractivity contribution in [3.05, 3.63) is 22.5 Å². The fourth-order valence-corrected chi connectivity index (χ4v) is 2.56. The molecule has 0 atom stereocenters. The molecule has 0 aromatic carbocycles. The van der Waals surface area contributed by atoms with E-state index in [-0.39, 0.29) is 5.92 Å². The minimum atomic E-state index is 0.261. The molecular weight excluding hydrogens is 238 g/mol. The van der Waals surface area contributed by atoms with Gasteiger partial charge in [0, 0.05) is 12.5 Å². The highest BCUT2D eigenvalue weighted by Gasteiger charge is 2.31. The van der Waals surface area contributed by atoms with Crippen molar-refractivity contribution in [1.82, 2.24) is 15.1 Å². The first-order valence-corrected chi connectivity index (χ1v) is 6.41. The van der Waals surface area contributed by atoms with Gasteiger partial charge < -0.3 is 4.90 Å². The summed E-state index contributed by atoms with van der Waals surface area (Å²) in [6.45, 7) is 1.37. The third-order valence-corrected chi connectivity index (χ3v) is 3.87. The second-order valence-corrected chi connectivity index (χ2v) is 5.16. The zero-order chi connectivity index (χ0) is 11.8. The van der Waals surface area contributed by atoms with E-state index in [0.29, 0.717) is 17.6 Å². The maximum atomic E-state index is 12.1. The van der Waals surface area contributed by atoms with Gasteiger partial charge in [-0.05, 0) is 30.9 Å². The van der Waals surface area contributed by atoms with Crippen LogP contribution in [0.5, 0.6) is 0 Å². The highest BCUT2D eigenvalue weighted by atomic mass is 35.5. The molecule has 0 bridgehead atoms. The van der Waals surface area contributed by atoms with Crippen molar-refractivity contribution in [3.8, 4) is 0 Å². The maximum Gasteiger partial charge on any atom is 0.226 e. The molecule has 0 spiro atoms. The summed E-state index contributed by atoms with van der Waals surface area (Å²) in [7, 11) is 0. The number of hydrogen-bond donors (Lipinski definition) is 0. The Morgan fingerprint density at radius 3 is 2.94 bits per heavy atom. The summed E-state index contributed by atoms with van der Waals surface area (Å²) in [6, 6.07) is 1.86. The molecular formula is C12H14ClN3O. The zero-order valence-electron chi connectivity index (χ0n) is 9.53. The fraction of sp³-hybridized carbons (Fsp3) is 0.583. The lowest BCUT2D eigenvalue weighted by Gasteiger charge is -2.34. The zero-order valence-corrected chi connectivity index (χ0v) is 10.3. The highest BCUT2D eigenvalue weighted by Crippen LogP contribution is 2.30. The van der Waals surface area contributed by atoms with Gasteiger partial charge in [0.05, 0.1) is 12.2 Å². The van der Waals surface area contributed by atoms with Crippen LogP contribution >= 0.6 is 11.6 Å². The predicted octanol–water partition coefficient (Wildman–Crippen LogP) is 1.81. The van der Waals surface area contributed by atoms with E-state index in [1.165, 1.54) is 6.42 Å². The molecule has 3 rings (SSSR count). The first kappa shape index (κ1) is 11.0. The minimum Gasteiger partial charge on any atom is -0.336 e. The average molecular weight is 252 g/mol. The van der Waals surface area contributed by atoms with E-state index in [1.807, 2.05) is 11.0 Å². The van der Waals surface area contributed by atoms with Crippen LogP contribution in [0.1, 0.15) is 30.5 Å². The van der Waals surface area contributed by atoms with Crippen LogP contribution in [0.3, 0.4) is 0 Å². The van der Waals surface area contributed by atoms with Crippen LogP contribution in [0, 0.1) is 5.92 Å². The lowest BCUT2D eigenvalue weighted by Crippen LogP contribution is -2.42. The highest BCUT2D eigenvalue weighted by molar-refractivity contribution is 6.29. The number of carbonyl (C=O) groups is 1. The molecule has 4 nitrogen and oxygen atoms in total. The minimum absolute atomic E-state index is 0.261. The van der Waals surface area contributed by atoms with Gasteiger partial charge in [0.2, 0.25) is 5.91 Å². The average Bonchev–Trinajstić information content (AvgIpc) is 2.26. The third kappa shape index (κ3) is 2.02. The Labute approximate surface area is 105 Å². The third-order valence-electron chi connectivity index (χ3n) is 3.69. The number of nitrogens with zero attached hydrogens (tertiary/aromatic N) is 3. The van der Waals surface area contributed by atoms with Gasteiger partial charge in [0.1, 0.15) is 0 Å². The second kappa shape index (κ2) is 4.26. The van der Waals surface area contributed by atoms with Crippen molar-refractivity contribution in [1.29, 1.82) is 0 Å². The summed E-state index contributed by atoms with van der Waals surface area (Å²) in [5.74, 6) is 0.551. The molecule has 2 heterocycles. The largest absolute Gasteiger partial charge is 0.336 e. The molecule has 0 radical (unpaired) electrons. The van der Waals surface area contributed by atoms with Gasteiger partial charge in [-0.2, -0.15) is 5.10 Å². The Kier molecular flexibility index (Phi) is 2.74. The standard InChI is InChI=1S/C12H14ClN3O/c13-11-6-9-4-5-16(7-10(9)14-15-11)12(17)8-2-1-3-8/h6,8H,1-5,7H2. The van der Waals surface area contributed by atoms with Crippen molar-refractivity contribution in [3.63, 3.8) is 0 Å². The van der Waals surface area contributed by atoms with Gasteiger partial charge in [0.15, 0.2) is 5.15 Å². The van der Waals surface area contributed by atoms with Crippen molar-refractivity contribution in [2.24, 2.45) is 5.92 Å². The van der Waals surface area contributed by atoms with Crippen molar-refractivity contribution >= 4 is 17.5 Å². The molecule has 0 N–H and O–H groups in total. The van der Waals surface area contributed by atoms with E-state index < -0.39 is 0 Å². The van der Waals surface area contributed by atoms with E-state index >= 15 is 0 Å². The molecule has 0 saturated heterocycles. The van der Waals surface area contributed by atoms with Crippen LogP contribution in [0.15, 0.2) is 6.07 Å². The predicted molar refractivity (Wildman–Crippen MR) is 63.5 cm³/mol. The van der Waals surface area contributed by atoms with Crippen LogP contribution in [0.4, 0.5) is 0 Å². The van der Waals surface area contributed by atoms with E-state index in [0.717, 1.165) is 37.1 Å². The van der Waals surface area contributed by atoms with E-state index in [4.69, 9.17) is 11.6 Å². The first-order valence-electron chi connectivity index (χ1n) is 6.04.